The highest BCUT2D eigenvalue weighted by Crippen LogP contribution is 2.16. The Balaban J connectivity index is 1.69. The second kappa shape index (κ2) is 6.10. The number of nitrogens with one attached hydrogen (secondary N) is 1. The van der Waals surface area contributed by atoms with Gasteiger partial charge < -0.3 is 9.88 Å². The molecule has 0 saturated heterocycles. The van der Waals surface area contributed by atoms with Crippen LogP contribution in [0.25, 0.3) is 11.0 Å². The number of hydrogen-bond donors (Lipinski definition) is 1. The van der Waals surface area contributed by atoms with Gasteiger partial charge in [0.1, 0.15) is 5.82 Å². The number of hydrogen-bond acceptors (Lipinski definition) is 3. The highest BCUT2D eigenvalue weighted by Gasteiger charge is 2.10. The summed E-state index contributed by atoms with van der Waals surface area (Å²) in [6.45, 7) is 3.59. The summed E-state index contributed by atoms with van der Waals surface area (Å²) in [7, 11) is 0. The summed E-state index contributed by atoms with van der Waals surface area (Å²) in [6, 6.07) is 11.8. The van der Waals surface area contributed by atoms with E-state index in [4.69, 9.17) is 0 Å². The molecule has 2 heterocycles. The third kappa shape index (κ3) is 2.83. The summed E-state index contributed by atoms with van der Waals surface area (Å²) in [6.07, 6.45) is 0.736. The smallest absolute Gasteiger partial charge is 0.261 e. The second-order valence-corrected chi connectivity index (χ2v) is 5.69. The molecule has 0 saturated carbocycles. The Morgan fingerprint density at radius 2 is 2.14 bits per heavy atom. The number of carbonyl (C=O) groups excluding carboxylic acids is 1. The van der Waals surface area contributed by atoms with Gasteiger partial charge in [-0.15, -0.1) is 11.3 Å². The average Bonchev–Trinajstić information content (AvgIpc) is 3.14. The topological polar surface area (TPSA) is 46.9 Å². The molecular weight excluding hydrogens is 282 g/mol. The average molecular weight is 299 g/mol. The molecule has 0 unspecified atom stereocenters. The van der Waals surface area contributed by atoms with E-state index >= 15 is 0 Å². The first-order valence-corrected chi connectivity index (χ1v) is 7.93. The van der Waals surface area contributed by atoms with Crippen molar-refractivity contribution in [2.75, 3.05) is 6.54 Å². The van der Waals surface area contributed by atoms with Crippen LogP contribution < -0.4 is 5.32 Å². The van der Waals surface area contributed by atoms with Crippen LogP contribution in [0.5, 0.6) is 0 Å². The van der Waals surface area contributed by atoms with E-state index in [9.17, 15) is 4.79 Å². The lowest BCUT2D eigenvalue weighted by Gasteiger charge is -2.06. The molecule has 0 bridgehead atoms. The number of thiophene rings is 1. The Morgan fingerprint density at radius 3 is 2.90 bits per heavy atom. The molecule has 3 aromatic rings. The molecule has 108 valence electrons. The van der Waals surface area contributed by atoms with Gasteiger partial charge in [-0.2, -0.15) is 0 Å². The van der Waals surface area contributed by atoms with Crippen molar-refractivity contribution in [3.63, 3.8) is 0 Å². The van der Waals surface area contributed by atoms with Gasteiger partial charge in [0.05, 0.1) is 15.9 Å². The number of aromatic nitrogens is 2. The molecule has 1 amide bonds. The van der Waals surface area contributed by atoms with Crippen molar-refractivity contribution in [2.45, 2.75) is 19.9 Å². The molecule has 0 aliphatic carbocycles. The number of amides is 1. The van der Waals surface area contributed by atoms with E-state index in [1.807, 2.05) is 35.7 Å². The quantitative estimate of drug-likeness (QED) is 0.787. The lowest BCUT2D eigenvalue weighted by Crippen LogP contribution is -2.25. The molecule has 5 heteroatoms. The van der Waals surface area contributed by atoms with Gasteiger partial charge in [-0.1, -0.05) is 18.2 Å². The van der Waals surface area contributed by atoms with Crippen molar-refractivity contribution in [1.29, 1.82) is 0 Å². The fourth-order valence-electron chi connectivity index (χ4n) is 2.45. The summed E-state index contributed by atoms with van der Waals surface area (Å²) >= 11 is 1.46. The largest absolute Gasteiger partial charge is 0.351 e. The van der Waals surface area contributed by atoms with E-state index in [0.717, 1.165) is 34.7 Å². The Morgan fingerprint density at radius 1 is 1.29 bits per heavy atom. The summed E-state index contributed by atoms with van der Waals surface area (Å²) in [5, 5.41) is 4.86. The van der Waals surface area contributed by atoms with Crippen LogP contribution in [0.2, 0.25) is 0 Å². The molecule has 0 radical (unpaired) electrons. The molecule has 0 atom stereocenters. The molecule has 0 spiro atoms. The standard InChI is InChI=1S/C16H17N3OS/c1-2-19-13-7-4-3-6-12(13)18-15(19)9-10-17-16(20)14-8-5-11-21-14/h3-8,11H,2,9-10H2,1H3,(H,17,20). The van der Waals surface area contributed by atoms with Crippen molar-refractivity contribution in [3.05, 3.63) is 52.5 Å². The van der Waals surface area contributed by atoms with Crippen LogP contribution in [0.4, 0.5) is 0 Å². The van der Waals surface area contributed by atoms with Crippen LogP contribution in [-0.2, 0) is 13.0 Å². The SMILES string of the molecule is CCn1c(CCNC(=O)c2cccs2)nc2ccccc21. The van der Waals surface area contributed by atoms with Gasteiger partial charge in [-0.25, -0.2) is 4.98 Å². The minimum absolute atomic E-state index is 0.0100. The van der Waals surface area contributed by atoms with E-state index in [1.54, 1.807) is 0 Å². The maximum atomic E-state index is 11.9. The lowest BCUT2D eigenvalue weighted by atomic mass is 10.3. The monoisotopic (exact) mass is 299 g/mol. The highest BCUT2D eigenvalue weighted by molar-refractivity contribution is 7.12. The minimum atomic E-state index is -0.0100. The fourth-order valence-corrected chi connectivity index (χ4v) is 3.09. The maximum absolute atomic E-state index is 11.9. The minimum Gasteiger partial charge on any atom is -0.351 e. The summed E-state index contributed by atoms with van der Waals surface area (Å²) in [5.74, 6) is 1.01. The van der Waals surface area contributed by atoms with Gasteiger partial charge in [-0.3, -0.25) is 4.79 Å². The number of fused-ring (bicyclic) bond motifs is 1. The van der Waals surface area contributed by atoms with Crippen LogP contribution in [0.1, 0.15) is 22.4 Å². The number of aryl methyl sites for hydroxylation is 1. The number of nitrogens with zero attached hydrogens (tertiary/aromatic N) is 2. The van der Waals surface area contributed by atoms with Crippen LogP contribution in [0.3, 0.4) is 0 Å². The van der Waals surface area contributed by atoms with Gasteiger partial charge in [0, 0.05) is 19.5 Å². The second-order valence-electron chi connectivity index (χ2n) is 4.74. The highest BCUT2D eigenvalue weighted by atomic mass is 32.1. The summed E-state index contributed by atoms with van der Waals surface area (Å²) in [4.78, 5) is 17.3. The predicted molar refractivity (Wildman–Crippen MR) is 85.8 cm³/mol. The first-order valence-electron chi connectivity index (χ1n) is 7.05. The third-order valence-electron chi connectivity index (χ3n) is 3.43. The predicted octanol–water partition coefficient (Wildman–Crippen LogP) is 3.09. The van der Waals surface area contributed by atoms with E-state index in [0.29, 0.717) is 6.54 Å². The molecule has 3 rings (SSSR count). The first kappa shape index (κ1) is 13.8. The molecule has 2 aromatic heterocycles. The molecule has 21 heavy (non-hydrogen) atoms. The Kier molecular flexibility index (Phi) is 4.01. The molecule has 0 aliphatic heterocycles. The molecule has 0 fully saturated rings. The number of rotatable bonds is 5. The molecule has 1 aromatic carbocycles. The number of benzene rings is 1. The Bertz CT molecular complexity index is 746. The Hall–Kier alpha value is -2.14. The zero-order chi connectivity index (χ0) is 14.7. The molecule has 1 N–H and O–H groups in total. The van der Waals surface area contributed by atoms with Crippen LogP contribution in [-0.4, -0.2) is 22.0 Å². The van der Waals surface area contributed by atoms with E-state index in [1.165, 1.54) is 11.3 Å². The van der Waals surface area contributed by atoms with Gasteiger partial charge in [0.15, 0.2) is 0 Å². The normalized spacial score (nSPS) is 10.9. The third-order valence-corrected chi connectivity index (χ3v) is 4.30. The van der Waals surface area contributed by atoms with Crippen molar-refractivity contribution >= 4 is 28.3 Å². The van der Waals surface area contributed by atoms with E-state index < -0.39 is 0 Å². The van der Waals surface area contributed by atoms with Crippen LogP contribution in [0.15, 0.2) is 41.8 Å². The van der Waals surface area contributed by atoms with Crippen LogP contribution >= 0.6 is 11.3 Å². The maximum Gasteiger partial charge on any atom is 0.261 e. The van der Waals surface area contributed by atoms with E-state index in [-0.39, 0.29) is 5.91 Å². The zero-order valence-electron chi connectivity index (χ0n) is 11.9. The van der Waals surface area contributed by atoms with E-state index in [2.05, 4.69) is 27.9 Å². The number of carbonyl (C=O) groups is 1. The van der Waals surface area contributed by atoms with Crippen molar-refractivity contribution < 1.29 is 4.79 Å². The van der Waals surface area contributed by atoms with Crippen molar-refractivity contribution in [1.82, 2.24) is 14.9 Å². The van der Waals surface area contributed by atoms with Crippen molar-refractivity contribution in [3.8, 4) is 0 Å². The van der Waals surface area contributed by atoms with Gasteiger partial charge in [0.25, 0.3) is 5.91 Å². The number of imidazole rings is 1. The molecule has 4 nitrogen and oxygen atoms in total. The lowest BCUT2D eigenvalue weighted by molar-refractivity contribution is 0.0958. The zero-order valence-corrected chi connectivity index (χ0v) is 12.7. The first-order chi connectivity index (χ1) is 10.3. The van der Waals surface area contributed by atoms with Gasteiger partial charge in [-0.05, 0) is 30.5 Å². The fraction of sp³-hybridized carbons (Fsp3) is 0.250. The van der Waals surface area contributed by atoms with Crippen LogP contribution in [0, 0.1) is 0 Å². The van der Waals surface area contributed by atoms with Gasteiger partial charge in [0.2, 0.25) is 0 Å². The van der Waals surface area contributed by atoms with Crippen molar-refractivity contribution in [2.24, 2.45) is 0 Å². The number of para-hydroxylation sites is 2. The Labute approximate surface area is 127 Å². The summed E-state index contributed by atoms with van der Waals surface area (Å²) in [5.41, 5.74) is 2.17. The molecule has 0 aliphatic rings. The summed E-state index contributed by atoms with van der Waals surface area (Å²) < 4.78 is 2.20. The molecular formula is C16H17N3OS. The van der Waals surface area contributed by atoms with Gasteiger partial charge >= 0.3 is 0 Å².